The summed E-state index contributed by atoms with van der Waals surface area (Å²) < 4.78 is 0. The van der Waals surface area contributed by atoms with Crippen molar-refractivity contribution in [1.82, 2.24) is 10.2 Å². The van der Waals surface area contributed by atoms with Crippen molar-refractivity contribution in [2.24, 2.45) is 11.3 Å². The fraction of sp³-hybridized carbons (Fsp3) is 0.765. The van der Waals surface area contributed by atoms with Crippen molar-refractivity contribution in [3.8, 4) is 0 Å². The molecule has 2 fully saturated rings. The number of nitrogens with one attached hydrogen (secondary N) is 1. The van der Waals surface area contributed by atoms with Crippen LogP contribution in [0.4, 0.5) is 0 Å². The van der Waals surface area contributed by atoms with Gasteiger partial charge in [0.25, 0.3) is 0 Å². The fourth-order valence-corrected chi connectivity index (χ4v) is 4.02. The molecule has 1 aliphatic heterocycles. The van der Waals surface area contributed by atoms with Gasteiger partial charge >= 0.3 is 0 Å². The average molecular weight is 292 g/mol. The first-order valence-corrected chi connectivity index (χ1v) is 8.97. The summed E-state index contributed by atoms with van der Waals surface area (Å²) >= 11 is 1.82. The third kappa shape index (κ3) is 3.44. The lowest BCUT2D eigenvalue weighted by Crippen LogP contribution is -2.61. The van der Waals surface area contributed by atoms with Crippen LogP contribution in [0.25, 0.3) is 0 Å². The van der Waals surface area contributed by atoms with E-state index in [4.69, 9.17) is 0 Å². The van der Waals surface area contributed by atoms with Crippen LogP contribution >= 0.6 is 11.3 Å². The van der Waals surface area contributed by atoms with Crippen LogP contribution in [0.1, 0.15) is 39.2 Å². The van der Waals surface area contributed by atoms with Crippen LogP contribution in [0.5, 0.6) is 0 Å². The van der Waals surface area contributed by atoms with Gasteiger partial charge in [0.15, 0.2) is 0 Å². The van der Waals surface area contributed by atoms with Crippen molar-refractivity contribution in [2.45, 2.75) is 52.1 Å². The second-order valence-electron chi connectivity index (χ2n) is 7.61. The molecule has 1 saturated carbocycles. The molecule has 1 aromatic heterocycles. The summed E-state index contributed by atoms with van der Waals surface area (Å²) in [7, 11) is 0. The van der Waals surface area contributed by atoms with Gasteiger partial charge in [-0.25, -0.2) is 0 Å². The Hall–Kier alpha value is -0.380. The molecule has 2 aliphatic rings. The largest absolute Gasteiger partial charge is 0.311 e. The number of rotatable bonds is 4. The van der Waals surface area contributed by atoms with Crippen molar-refractivity contribution in [2.75, 3.05) is 19.6 Å². The summed E-state index contributed by atoms with van der Waals surface area (Å²) in [6.45, 7) is 10.7. The molecule has 2 nitrogen and oxygen atoms in total. The zero-order chi connectivity index (χ0) is 14.2. The van der Waals surface area contributed by atoms with E-state index < -0.39 is 0 Å². The summed E-state index contributed by atoms with van der Waals surface area (Å²) in [5, 5.41) is 8.31. The molecule has 20 heavy (non-hydrogen) atoms. The second-order valence-corrected chi connectivity index (χ2v) is 8.39. The van der Waals surface area contributed by atoms with Gasteiger partial charge in [0, 0.05) is 31.7 Å². The highest BCUT2D eigenvalue weighted by molar-refractivity contribution is 7.07. The van der Waals surface area contributed by atoms with Crippen LogP contribution in [0.2, 0.25) is 0 Å². The van der Waals surface area contributed by atoms with E-state index in [-0.39, 0.29) is 0 Å². The molecule has 2 atom stereocenters. The van der Waals surface area contributed by atoms with Gasteiger partial charge in [0.2, 0.25) is 0 Å². The molecule has 0 spiro atoms. The van der Waals surface area contributed by atoms with Gasteiger partial charge in [-0.2, -0.15) is 11.3 Å². The van der Waals surface area contributed by atoms with Crippen LogP contribution in [0.3, 0.4) is 0 Å². The molecular weight excluding hydrogens is 264 g/mol. The zero-order valence-corrected chi connectivity index (χ0v) is 13.9. The van der Waals surface area contributed by atoms with Crippen molar-refractivity contribution >= 4 is 11.3 Å². The van der Waals surface area contributed by atoms with E-state index in [1.807, 2.05) is 11.3 Å². The number of nitrogens with zero attached hydrogens (tertiary/aromatic N) is 1. The smallest absolute Gasteiger partial charge is 0.0249 e. The first kappa shape index (κ1) is 14.6. The van der Waals surface area contributed by atoms with Crippen LogP contribution < -0.4 is 5.32 Å². The van der Waals surface area contributed by atoms with Gasteiger partial charge in [-0.1, -0.05) is 20.8 Å². The van der Waals surface area contributed by atoms with E-state index in [0.29, 0.717) is 11.5 Å². The highest BCUT2D eigenvalue weighted by Crippen LogP contribution is 2.37. The Morgan fingerprint density at radius 1 is 1.35 bits per heavy atom. The Morgan fingerprint density at radius 2 is 2.15 bits per heavy atom. The molecule has 1 saturated heterocycles. The number of piperazine rings is 1. The summed E-state index contributed by atoms with van der Waals surface area (Å²) in [5.74, 6) is 0.964. The minimum atomic E-state index is 0.356. The number of hydrogen-bond acceptors (Lipinski definition) is 3. The zero-order valence-electron chi connectivity index (χ0n) is 13.1. The Kier molecular flexibility index (Phi) is 4.21. The van der Waals surface area contributed by atoms with E-state index in [9.17, 15) is 0 Å². The quantitative estimate of drug-likeness (QED) is 0.915. The van der Waals surface area contributed by atoms with Crippen LogP contribution in [0, 0.1) is 11.3 Å². The second kappa shape index (κ2) is 5.78. The maximum absolute atomic E-state index is 3.81. The van der Waals surface area contributed by atoms with Crippen LogP contribution in [0.15, 0.2) is 16.8 Å². The lowest BCUT2D eigenvalue weighted by atomic mass is 9.84. The van der Waals surface area contributed by atoms with Crippen LogP contribution in [-0.4, -0.2) is 36.6 Å². The fourth-order valence-electron chi connectivity index (χ4n) is 3.32. The minimum absolute atomic E-state index is 0.356. The first-order valence-electron chi connectivity index (χ1n) is 8.02. The van der Waals surface area contributed by atoms with E-state index >= 15 is 0 Å². The minimum Gasteiger partial charge on any atom is -0.311 e. The average Bonchev–Trinajstić information content (AvgIpc) is 3.11. The van der Waals surface area contributed by atoms with Crippen LogP contribution in [-0.2, 0) is 6.42 Å². The molecule has 3 heteroatoms. The van der Waals surface area contributed by atoms with Crippen molar-refractivity contribution < 1.29 is 0 Å². The molecule has 2 unspecified atom stereocenters. The van der Waals surface area contributed by atoms with Gasteiger partial charge in [-0.05, 0) is 53.0 Å². The molecule has 0 aromatic carbocycles. The normalized spacial score (nSPS) is 28.8. The Bertz CT molecular complexity index is 417. The monoisotopic (exact) mass is 292 g/mol. The van der Waals surface area contributed by atoms with E-state index in [2.05, 4.69) is 47.8 Å². The Labute approximate surface area is 127 Å². The molecule has 3 rings (SSSR count). The molecule has 0 bridgehead atoms. The van der Waals surface area contributed by atoms with E-state index in [1.54, 1.807) is 0 Å². The standard InChI is InChI=1S/C17H28N2S/c1-17(2,3)16-11-19(8-6-13-7-9-20-12-13)15(10-18-16)14-4-5-14/h7,9,12,14-16,18H,4-6,8,10-11H2,1-3H3. The van der Waals surface area contributed by atoms with E-state index in [1.165, 1.54) is 44.5 Å². The molecule has 2 heterocycles. The topological polar surface area (TPSA) is 15.3 Å². The molecule has 1 N–H and O–H groups in total. The van der Waals surface area contributed by atoms with Crippen molar-refractivity contribution in [1.29, 1.82) is 0 Å². The highest BCUT2D eigenvalue weighted by Gasteiger charge is 2.40. The van der Waals surface area contributed by atoms with Crippen molar-refractivity contribution in [3.63, 3.8) is 0 Å². The maximum atomic E-state index is 3.81. The summed E-state index contributed by atoms with van der Waals surface area (Å²) in [6, 6.07) is 3.69. The van der Waals surface area contributed by atoms with Gasteiger partial charge in [-0.3, -0.25) is 4.90 Å². The predicted octanol–water partition coefficient (Wildman–Crippen LogP) is 3.39. The van der Waals surface area contributed by atoms with Gasteiger partial charge < -0.3 is 5.32 Å². The molecule has 0 amide bonds. The first-order chi connectivity index (χ1) is 9.54. The maximum Gasteiger partial charge on any atom is 0.0249 e. The SMILES string of the molecule is CC(C)(C)C1CN(CCc2ccsc2)C(C2CC2)CN1. The Balaban J connectivity index is 1.62. The van der Waals surface area contributed by atoms with Crippen molar-refractivity contribution in [3.05, 3.63) is 22.4 Å². The van der Waals surface area contributed by atoms with Gasteiger partial charge in [-0.15, -0.1) is 0 Å². The summed E-state index contributed by atoms with van der Waals surface area (Å²) in [5.41, 5.74) is 1.87. The highest BCUT2D eigenvalue weighted by atomic mass is 32.1. The molecule has 112 valence electrons. The molecular formula is C17H28N2S. The third-order valence-electron chi connectivity index (χ3n) is 4.94. The summed E-state index contributed by atoms with van der Waals surface area (Å²) in [6.07, 6.45) is 4.10. The molecule has 1 aromatic rings. The van der Waals surface area contributed by atoms with Gasteiger partial charge in [0.1, 0.15) is 0 Å². The Morgan fingerprint density at radius 3 is 2.75 bits per heavy atom. The number of hydrogen-bond donors (Lipinski definition) is 1. The molecule has 1 aliphatic carbocycles. The van der Waals surface area contributed by atoms with E-state index in [0.717, 1.165) is 12.0 Å². The lowest BCUT2D eigenvalue weighted by Gasteiger charge is -2.45. The van der Waals surface area contributed by atoms with Gasteiger partial charge in [0.05, 0.1) is 0 Å². The predicted molar refractivity (Wildman–Crippen MR) is 87.4 cm³/mol. The number of thiophene rings is 1. The lowest BCUT2D eigenvalue weighted by molar-refractivity contribution is 0.0760. The third-order valence-corrected chi connectivity index (χ3v) is 5.67. The summed E-state index contributed by atoms with van der Waals surface area (Å²) in [4.78, 5) is 2.78. The molecule has 0 radical (unpaired) electrons.